The Labute approximate surface area is 154 Å². The van der Waals surface area contributed by atoms with E-state index in [1.54, 1.807) is 11.1 Å². The van der Waals surface area contributed by atoms with Crippen molar-refractivity contribution in [3.63, 3.8) is 0 Å². The van der Waals surface area contributed by atoms with Crippen molar-refractivity contribution >= 4 is 15.7 Å². The maximum absolute atomic E-state index is 12.6. The SMILES string of the molecule is CC(C)CS(=O)(=O)C1CCN(C(=O)c2ncc(-c3ccccc3)o2)CC1. The normalized spacial score (nSPS) is 16.2. The molecule has 1 amide bonds. The number of nitrogens with zero attached hydrogens (tertiary/aromatic N) is 2. The number of hydrogen-bond donors (Lipinski definition) is 0. The van der Waals surface area contributed by atoms with Crippen LogP contribution in [0.25, 0.3) is 11.3 Å². The van der Waals surface area contributed by atoms with E-state index in [1.807, 2.05) is 44.2 Å². The molecule has 0 radical (unpaired) electrons. The Balaban J connectivity index is 1.63. The third-order valence-corrected chi connectivity index (χ3v) is 7.17. The highest BCUT2D eigenvalue weighted by Gasteiger charge is 2.33. The summed E-state index contributed by atoms with van der Waals surface area (Å²) in [6.45, 7) is 4.62. The Morgan fingerprint density at radius 2 is 1.88 bits per heavy atom. The third-order valence-electron chi connectivity index (χ3n) is 4.55. The van der Waals surface area contributed by atoms with Crippen LogP contribution in [0.1, 0.15) is 37.4 Å². The van der Waals surface area contributed by atoms with E-state index in [4.69, 9.17) is 4.42 Å². The van der Waals surface area contributed by atoms with Crippen molar-refractivity contribution in [1.82, 2.24) is 9.88 Å². The molecular formula is C19H24N2O4S. The van der Waals surface area contributed by atoms with E-state index >= 15 is 0 Å². The minimum absolute atomic E-state index is 0.0485. The zero-order valence-corrected chi connectivity index (χ0v) is 15.9. The molecule has 1 aliphatic heterocycles. The summed E-state index contributed by atoms with van der Waals surface area (Å²) in [6.07, 6.45) is 2.47. The van der Waals surface area contributed by atoms with E-state index in [2.05, 4.69) is 4.98 Å². The average Bonchev–Trinajstić information content (AvgIpc) is 3.11. The average molecular weight is 376 g/mol. The molecule has 0 saturated carbocycles. The van der Waals surface area contributed by atoms with Crippen LogP contribution in [0.2, 0.25) is 0 Å². The van der Waals surface area contributed by atoms with Gasteiger partial charge in [-0.2, -0.15) is 0 Å². The van der Waals surface area contributed by atoms with Gasteiger partial charge < -0.3 is 9.32 Å². The first kappa shape index (κ1) is 18.6. The van der Waals surface area contributed by atoms with Crippen LogP contribution in [0.5, 0.6) is 0 Å². The van der Waals surface area contributed by atoms with Crippen molar-refractivity contribution in [1.29, 1.82) is 0 Å². The lowest BCUT2D eigenvalue weighted by Crippen LogP contribution is -2.43. The molecule has 3 rings (SSSR count). The van der Waals surface area contributed by atoms with E-state index in [0.717, 1.165) is 5.56 Å². The molecule has 140 valence electrons. The van der Waals surface area contributed by atoms with Crippen LogP contribution in [0.4, 0.5) is 0 Å². The molecule has 2 aromatic rings. The van der Waals surface area contributed by atoms with Crippen LogP contribution in [-0.2, 0) is 9.84 Å². The number of amides is 1. The second kappa shape index (κ2) is 7.61. The Morgan fingerprint density at radius 1 is 1.23 bits per heavy atom. The molecule has 0 spiro atoms. The summed E-state index contributed by atoms with van der Waals surface area (Å²) in [5.41, 5.74) is 0.859. The van der Waals surface area contributed by atoms with Crippen LogP contribution < -0.4 is 0 Å². The summed E-state index contributed by atoms with van der Waals surface area (Å²) in [5, 5.41) is -0.363. The number of likely N-dealkylation sites (tertiary alicyclic amines) is 1. The molecule has 1 saturated heterocycles. The summed E-state index contributed by atoms with van der Waals surface area (Å²) in [4.78, 5) is 18.3. The first-order valence-corrected chi connectivity index (χ1v) is 10.6. The molecule has 1 aromatic carbocycles. The van der Waals surface area contributed by atoms with E-state index in [-0.39, 0.29) is 28.7 Å². The van der Waals surface area contributed by atoms with Gasteiger partial charge in [-0.3, -0.25) is 4.79 Å². The second-order valence-electron chi connectivity index (χ2n) is 7.11. The fraction of sp³-hybridized carbons (Fsp3) is 0.474. The molecule has 1 aromatic heterocycles. The van der Waals surface area contributed by atoms with Crippen LogP contribution >= 0.6 is 0 Å². The summed E-state index contributed by atoms with van der Waals surface area (Å²) < 4.78 is 30.3. The first-order chi connectivity index (χ1) is 12.4. The molecule has 26 heavy (non-hydrogen) atoms. The number of carbonyl (C=O) groups excluding carboxylic acids is 1. The molecular weight excluding hydrogens is 352 g/mol. The van der Waals surface area contributed by atoms with Crippen molar-refractivity contribution in [2.24, 2.45) is 5.92 Å². The predicted octanol–water partition coefficient (Wildman–Crippen LogP) is 3.02. The number of hydrogen-bond acceptors (Lipinski definition) is 5. The van der Waals surface area contributed by atoms with Crippen molar-refractivity contribution in [2.75, 3.05) is 18.8 Å². The van der Waals surface area contributed by atoms with Gasteiger partial charge >= 0.3 is 5.91 Å². The van der Waals surface area contributed by atoms with Crippen LogP contribution in [-0.4, -0.2) is 48.3 Å². The summed E-state index contributed by atoms with van der Waals surface area (Å²) in [5.74, 6) is 0.622. The van der Waals surface area contributed by atoms with Gasteiger partial charge in [0.1, 0.15) is 0 Å². The molecule has 6 nitrogen and oxygen atoms in total. The highest BCUT2D eigenvalue weighted by molar-refractivity contribution is 7.92. The van der Waals surface area contributed by atoms with Gasteiger partial charge in [0.25, 0.3) is 5.89 Å². The standard InChI is InChI=1S/C19H24N2O4S/c1-14(2)13-26(23,24)16-8-10-21(11-9-16)19(22)18-20-12-17(25-18)15-6-4-3-5-7-15/h3-7,12,14,16H,8-11,13H2,1-2H3. The van der Waals surface area contributed by atoms with Crippen molar-refractivity contribution in [3.05, 3.63) is 42.4 Å². The van der Waals surface area contributed by atoms with Crippen molar-refractivity contribution in [2.45, 2.75) is 31.9 Å². The number of oxazole rings is 1. The fourth-order valence-corrected chi connectivity index (χ4v) is 5.39. The smallest absolute Gasteiger partial charge is 0.309 e. The van der Waals surface area contributed by atoms with Gasteiger partial charge in [0.05, 0.1) is 17.2 Å². The van der Waals surface area contributed by atoms with Gasteiger partial charge in [-0.05, 0) is 18.8 Å². The minimum atomic E-state index is -3.11. The maximum atomic E-state index is 12.6. The molecule has 0 aliphatic carbocycles. The molecule has 2 heterocycles. The number of sulfone groups is 1. The predicted molar refractivity (Wildman–Crippen MR) is 99.5 cm³/mol. The zero-order valence-electron chi connectivity index (χ0n) is 15.1. The molecule has 7 heteroatoms. The van der Waals surface area contributed by atoms with Gasteiger partial charge in [0.15, 0.2) is 15.6 Å². The lowest BCUT2D eigenvalue weighted by Gasteiger charge is -2.31. The van der Waals surface area contributed by atoms with Gasteiger partial charge in [0.2, 0.25) is 0 Å². The summed E-state index contributed by atoms with van der Waals surface area (Å²) >= 11 is 0. The maximum Gasteiger partial charge on any atom is 0.309 e. The topological polar surface area (TPSA) is 80.5 Å². The molecule has 0 bridgehead atoms. The second-order valence-corrected chi connectivity index (χ2v) is 9.44. The van der Waals surface area contributed by atoms with E-state index in [1.165, 1.54) is 0 Å². The van der Waals surface area contributed by atoms with Gasteiger partial charge in [-0.25, -0.2) is 13.4 Å². The van der Waals surface area contributed by atoms with Gasteiger partial charge in [-0.15, -0.1) is 0 Å². The van der Waals surface area contributed by atoms with E-state index in [0.29, 0.717) is 31.7 Å². The third kappa shape index (κ3) is 4.15. The molecule has 0 N–H and O–H groups in total. The van der Waals surface area contributed by atoms with Gasteiger partial charge in [-0.1, -0.05) is 44.2 Å². The van der Waals surface area contributed by atoms with Crippen molar-refractivity contribution in [3.8, 4) is 11.3 Å². The van der Waals surface area contributed by atoms with Crippen LogP contribution in [0.15, 0.2) is 40.9 Å². The van der Waals surface area contributed by atoms with E-state index in [9.17, 15) is 13.2 Å². The molecule has 0 unspecified atom stereocenters. The Kier molecular flexibility index (Phi) is 5.46. The molecule has 1 fully saturated rings. The lowest BCUT2D eigenvalue weighted by atomic mass is 10.1. The Hall–Kier alpha value is -2.15. The summed E-state index contributed by atoms with van der Waals surface area (Å²) in [7, 11) is -3.11. The monoisotopic (exact) mass is 376 g/mol. The largest absolute Gasteiger partial charge is 0.432 e. The molecule has 0 atom stereocenters. The van der Waals surface area contributed by atoms with Gasteiger partial charge in [0, 0.05) is 18.7 Å². The number of aromatic nitrogens is 1. The Bertz CT molecular complexity index is 851. The number of benzene rings is 1. The lowest BCUT2D eigenvalue weighted by molar-refractivity contribution is 0.0686. The number of piperidine rings is 1. The summed E-state index contributed by atoms with van der Waals surface area (Å²) in [6, 6.07) is 9.46. The number of carbonyl (C=O) groups is 1. The van der Waals surface area contributed by atoms with Crippen molar-refractivity contribution < 1.29 is 17.6 Å². The number of rotatable bonds is 5. The van der Waals surface area contributed by atoms with Crippen LogP contribution in [0.3, 0.4) is 0 Å². The fourth-order valence-electron chi connectivity index (χ4n) is 3.26. The zero-order chi connectivity index (χ0) is 18.7. The quantitative estimate of drug-likeness (QED) is 0.801. The van der Waals surface area contributed by atoms with Crippen LogP contribution in [0, 0.1) is 5.92 Å². The highest BCUT2D eigenvalue weighted by Crippen LogP contribution is 2.24. The Morgan fingerprint density at radius 3 is 2.50 bits per heavy atom. The molecule has 1 aliphatic rings. The van der Waals surface area contributed by atoms with E-state index < -0.39 is 9.84 Å². The highest BCUT2D eigenvalue weighted by atomic mass is 32.2. The minimum Gasteiger partial charge on any atom is -0.432 e. The first-order valence-electron chi connectivity index (χ1n) is 8.89.